The molecule has 0 bridgehead atoms. The summed E-state index contributed by atoms with van der Waals surface area (Å²) in [5.74, 6) is -0.647. The first kappa shape index (κ1) is 12.0. The minimum Gasteiger partial charge on any atom is -0.507 e. The molecular formula is C12H7FN4O3. The van der Waals surface area contributed by atoms with Gasteiger partial charge in [-0.15, -0.1) is 0 Å². The Hall–Kier alpha value is -3.03. The third kappa shape index (κ3) is 2.14. The lowest BCUT2D eigenvalue weighted by molar-refractivity contribution is 0.314. The molecule has 0 saturated carbocycles. The summed E-state index contributed by atoms with van der Waals surface area (Å²) in [7, 11) is 0. The van der Waals surface area contributed by atoms with E-state index in [-0.39, 0.29) is 22.7 Å². The summed E-state index contributed by atoms with van der Waals surface area (Å²) < 4.78 is 17.2. The van der Waals surface area contributed by atoms with Crippen LogP contribution >= 0.6 is 0 Å². The molecule has 0 spiro atoms. The topological polar surface area (TPSA) is 105 Å². The number of aromatic nitrogens is 4. The molecule has 0 unspecified atom stereocenters. The second-order valence-corrected chi connectivity index (χ2v) is 3.92. The van der Waals surface area contributed by atoms with Crippen molar-refractivity contribution < 1.29 is 14.1 Å². The number of nitrogens with one attached hydrogen (secondary N) is 1. The van der Waals surface area contributed by atoms with Crippen molar-refractivity contribution in [3.63, 3.8) is 0 Å². The van der Waals surface area contributed by atoms with Gasteiger partial charge in [0.25, 0.3) is 5.56 Å². The zero-order chi connectivity index (χ0) is 14.1. The van der Waals surface area contributed by atoms with Gasteiger partial charge in [0, 0.05) is 11.6 Å². The van der Waals surface area contributed by atoms with Crippen LogP contribution in [0.25, 0.3) is 23.1 Å². The Morgan fingerprint density at radius 1 is 1.30 bits per heavy atom. The number of aromatic amines is 1. The molecule has 0 saturated heterocycles. The van der Waals surface area contributed by atoms with E-state index in [0.717, 1.165) is 6.08 Å². The number of nitrogens with zero attached hydrogens (tertiary/aromatic N) is 3. The van der Waals surface area contributed by atoms with E-state index < -0.39 is 11.4 Å². The van der Waals surface area contributed by atoms with Crippen molar-refractivity contribution in [1.29, 1.82) is 0 Å². The molecule has 7 nitrogen and oxygen atoms in total. The highest BCUT2D eigenvalue weighted by Crippen LogP contribution is 2.14. The Kier molecular flexibility index (Phi) is 2.75. The van der Waals surface area contributed by atoms with E-state index in [1.807, 2.05) is 0 Å². The van der Waals surface area contributed by atoms with Gasteiger partial charge in [0.05, 0.1) is 0 Å². The van der Waals surface area contributed by atoms with Crippen LogP contribution in [-0.4, -0.2) is 25.4 Å². The summed E-state index contributed by atoms with van der Waals surface area (Å²) in [6.07, 6.45) is 1.15. The normalized spacial score (nSPS) is 11.9. The van der Waals surface area contributed by atoms with Crippen LogP contribution in [-0.2, 0) is 0 Å². The molecule has 0 amide bonds. The van der Waals surface area contributed by atoms with E-state index in [2.05, 4.69) is 24.9 Å². The molecule has 3 rings (SSSR count). The fraction of sp³-hybridized carbons (Fsp3) is 0. The van der Waals surface area contributed by atoms with E-state index in [4.69, 9.17) is 0 Å². The predicted octanol–water partition coefficient (Wildman–Crippen LogP) is 1.50. The lowest BCUT2D eigenvalue weighted by atomic mass is 10.1. The van der Waals surface area contributed by atoms with Crippen molar-refractivity contribution >= 4 is 23.1 Å². The predicted molar refractivity (Wildman–Crippen MR) is 67.1 cm³/mol. The molecule has 0 fully saturated rings. The molecule has 2 N–H and O–H groups in total. The summed E-state index contributed by atoms with van der Waals surface area (Å²) in [6.45, 7) is 0. The fourth-order valence-corrected chi connectivity index (χ4v) is 1.60. The average molecular weight is 274 g/mol. The largest absolute Gasteiger partial charge is 0.507 e. The Morgan fingerprint density at radius 3 is 2.80 bits per heavy atom. The highest BCUT2D eigenvalue weighted by atomic mass is 19.1. The van der Waals surface area contributed by atoms with Crippen molar-refractivity contribution in [2.75, 3.05) is 0 Å². The van der Waals surface area contributed by atoms with E-state index in [0.29, 0.717) is 5.56 Å². The molecule has 0 aliphatic rings. The van der Waals surface area contributed by atoms with E-state index >= 15 is 0 Å². The lowest BCUT2D eigenvalue weighted by Crippen LogP contribution is -2.12. The minimum absolute atomic E-state index is 0.0602. The number of aliphatic hydroxyl groups is 1. The van der Waals surface area contributed by atoms with Crippen LogP contribution in [0.15, 0.2) is 33.7 Å². The molecule has 2 aromatic heterocycles. The third-order valence-corrected chi connectivity index (χ3v) is 2.58. The van der Waals surface area contributed by atoms with E-state index in [9.17, 15) is 14.3 Å². The molecule has 100 valence electrons. The van der Waals surface area contributed by atoms with Gasteiger partial charge in [0.2, 0.25) is 11.3 Å². The van der Waals surface area contributed by atoms with Gasteiger partial charge in [-0.2, -0.15) is 0 Å². The summed E-state index contributed by atoms with van der Waals surface area (Å²) in [5, 5.41) is 16.8. The third-order valence-electron chi connectivity index (χ3n) is 2.58. The first-order valence-electron chi connectivity index (χ1n) is 5.53. The summed E-state index contributed by atoms with van der Waals surface area (Å²) in [4.78, 5) is 18.0. The lowest BCUT2D eigenvalue weighted by Gasteiger charge is -1.99. The van der Waals surface area contributed by atoms with Crippen molar-refractivity contribution in [3.05, 3.63) is 51.7 Å². The first-order chi connectivity index (χ1) is 9.63. The zero-order valence-electron chi connectivity index (χ0n) is 9.87. The number of hydrogen-bond donors (Lipinski definition) is 2. The maximum absolute atomic E-state index is 12.8. The number of H-pyrrole nitrogens is 1. The zero-order valence-corrected chi connectivity index (χ0v) is 9.87. The van der Waals surface area contributed by atoms with Crippen molar-refractivity contribution in [3.8, 4) is 0 Å². The Bertz CT molecular complexity index is 851. The number of halogens is 1. The summed E-state index contributed by atoms with van der Waals surface area (Å²) in [6, 6.07) is 5.15. The monoisotopic (exact) mass is 274 g/mol. The highest BCUT2D eigenvalue weighted by Gasteiger charge is 2.08. The van der Waals surface area contributed by atoms with Crippen LogP contribution in [0.2, 0.25) is 0 Å². The van der Waals surface area contributed by atoms with Crippen LogP contribution in [0.1, 0.15) is 11.3 Å². The van der Waals surface area contributed by atoms with Gasteiger partial charge in [0.1, 0.15) is 17.3 Å². The minimum atomic E-state index is -0.554. The molecule has 0 radical (unpaired) electrons. The van der Waals surface area contributed by atoms with Crippen molar-refractivity contribution in [2.45, 2.75) is 0 Å². The van der Waals surface area contributed by atoms with Gasteiger partial charge in [-0.05, 0) is 34.6 Å². The summed E-state index contributed by atoms with van der Waals surface area (Å²) in [5.41, 5.74) is -0.0287. The molecule has 1 aromatic carbocycles. The van der Waals surface area contributed by atoms with Crippen LogP contribution in [0.3, 0.4) is 0 Å². The molecule has 2 heterocycles. The van der Waals surface area contributed by atoms with Crippen molar-refractivity contribution in [2.24, 2.45) is 0 Å². The summed E-state index contributed by atoms with van der Waals surface area (Å²) >= 11 is 0. The molecule has 0 aliphatic heterocycles. The Balaban J connectivity index is 2.06. The van der Waals surface area contributed by atoms with Crippen LogP contribution < -0.4 is 5.56 Å². The van der Waals surface area contributed by atoms with Gasteiger partial charge in [-0.1, -0.05) is 0 Å². The number of aliphatic hydroxyl groups excluding tert-OH is 1. The Morgan fingerprint density at radius 2 is 2.05 bits per heavy atom. The van der Waals surface area contributed by atoms with E-state index in [1.54, 1.807) is 0 Å². The second kappa shape index (κ2) is 4.57. The van der Waals surface area contributed by atoms with Gasteiger partial charge in [0.15, 0.2) is 0 Å². The average Bonchev–Trinajstić information content (AvgIpc) is 2.87. The molecule has 8 heteroatoms. The van der Waals surface area contributed by atoms with Gasteiger partial charge < -0.3 is 5.11 Å². The quantitative estimate of drug-likeness (QED) is 0.686. The van der Waals surface area contributed by atoms with Gasteiger partial charge in [-0.3, -0.25) is 9.78 Å². The molecule has 3 aromatic rings. The molecule has 20 heavy (non-hydrogen) atoms. The second-order valence-electron chi connectivity index (χ2n) is 3.92. The standard InChI is InChI=1S/C12H7FN4O3/c13-7-3-1-6(2-4-7)9(18)5-8-12(19)15-11-10(14-8)16-20-17-11/h1-5,18H,(H,15,17,19)/b9-5-. The van der Waals surface area contributed by atoms with Crippen LogP contribution in [0.5, 0.6) is 0 Å². The number of rotatable bonds is 2. The highest BCUT2D eigenvalue weighted by molar-refractivity contribution is 5.76. The Labute approximate surface area is 110 Å². The maximum Gasteiger partial charge on any atom is 0.275 e. The smallest absolute Gasteiger partial charge is 0.275 e. The van der Waals surface area contributed by atoms with E-state index in [1.165, 1.54) is 24.3 Å². The van der Waals surface area contributed by atoms with Crippen LogP contribution in [0, 0.1) is 5.82 Å². The SMILES string of the molecule is O=c1[nH]c2nonc2nc1/C=C(\O)c1ccc(F)cc1. The number of hydrogen-bond acceptors (Lipinski definition) is 6. The molecule has 0 aliphatic carbocycles. The first-order valence-corrected chi connectivity index (χ1v) is 5.53. The molecular weight excluding hydrogens is 267 g/mol. The van der Waals surface area contributed by atoms with Gasteiger partial charge in [-0.25, -0.2) is 14.0 Å². The van der Waals surface area contributed by atoms with Crippen molar-refractivity contribution in [1.82, 2.24) is 20.3 Å². The number of benzene rings is 1. The van der Waals surface area contributed by atoms with Crippen LogP contribution in [0.4, 0.5) is 4.39 Å². The number of fused-ring (bicyclic) bond motifs is 1. The maximum atomic E-state index is 12.8. The molecule has 0 atom stereocenters. The fourth-order valence-electron chi connectivity index (χ4n) is 1.60. The van der Waals surface area contributed by atoms with Gasteiger partial charge >= 0.3 is 0 Å².